The van der Waals surface area contributed by atoms with Gasteiger partial charge in [0.25, 0.3) is 0 Å². The van der Waals surface area contributed by atoms with E-state index in [1.807, 2.05) is 24.3 Å². The van der Waals surface area contributed by atoms with Gasteiger partial charge in [0.2, 0.25) is 0 Å². The Morgan fingerprint density at radius 2 is 1.53 bits per heavy atom. The van der Waals surface area contributed by atoms with Gasteiger partial charge in [0.15, 0.2) is 11.6 Å². The number of carbonyl (C=O) groups is 1. The Labute approximate surface area is 336 Å². The summed E-state index contributed by atoms with van der Waals surface area (Å²) in [7, 11) is 3.07. The van der Waals surface area contributed by atoms with Gasteiger partial charge in [-0.2, -0.15) is 27.5 Å². The fraction of sp³-hybridized carbons (Fsp3) is 0.366. The average Bonchev–Trinajstić information content (AvgIpc) is 3.33. The number of hydrogen-bond donors (Lipinski definition) is 0. The maximum Gasteiger partial charge on any atom is 0.418 e. The molecule has 0 saturated carbocycles. The number of aromatic nitrogens is 3. The summed E-state index contributed by atoms with van der Waals surface area (Å²) in [4.78, 5) is 30.1. The molecule has 4 heterocycles. The molecule has 3 aromatic carbocycles. The van der Waals surface area contributed by atoms with E-state index < -0.39 is 63.2 Å². The van der Waals surface area contributed by atoms with Crippen LogP contribution >= 0.6 is 11.6 Å². The van der Waals surface area contributed by atoms with Gasteiger partial charge >= 0.3 is 18.3 Å². The van der Waals surface area contributed by atoms with E-state index in [4.69, 9.17) is 30.5 Å². The number of ether oxygens (including phenoxy) is 4. The van der Waals surface area contributed by atoms with Crippen molar-refractivity contribution in [2.24, 2.45) is 0 Å². The first kappa shape index (κ1) is 40.6. The second-order valence-electron chi connectivity index (χ2n) is 15.0. The van der Waals surface area contributed by atoms with E-state index in [1.165, 1.54) is 32.1 Å². The van der Waals surface area contributed by atoms with Crippen molar-refractivity contribution in [3.05, 3.63) is 93.8 Å². The maximum atomic E-state index is 17.1. The van der Waals surface area contributed by atoms with Gasteiger partial charge in [-0.3, -0.25) is 0 Å². The highest BCUT2D eigenvalue weighted by Gasteiger charge is 2.42. The van der Waals surface area contributed by atoms with Crippen molar-refractivity contribution in [3.63, 3.8) is 0 Å². The highest BCUT2D eigenvalue weighted by Crippen LogP contribution is 2.50. The zero-order valence-corrected chi connectivity index (χ0v) is 33.3. The molecule has 1 amide bonds. The molecule has 0 N–H and O–H groups in total. The highest BCUT2D eigenvalue weighted by atomic mass is 35.5. The summed E-state index contributed by atoms with van der Waals surface area (Å²) in [5.74, 6) is -0.364. The number of rotatable bonds is 8. The number of pyridine rings is 1. The first-order valence-corrected chi connectivity index (χ1v) is 18.7. The fourth-order valence-corrected chi connectivity index (χ4v) is 7.53. The van der Waals surface area contributed by atoms with E-state index in [1.54, 1.807) is 54.8 Å². The van der Waals surface area contributed by atoms with Gasteiger partial charge < -0.3 is 33.6 Å². The lowest BCUT2D eigenvalue weighted by Gasteiger charge is -2.41. The number of halogens is 6. The Bertz CT molecular complexity index is 2310. The number of methoxy groups -OCH3 is 2. The number of amides is 1. The van der Waals surface area contributed by atoms with Crippen LogP contribution in [-0.4, -0.2) is 78.0 Å². The number of anilines is 2. The van der Waals surface area contributed by atoms with Gasteiger partial charge in [-0.25, -0.2) is 14.2 Å². The topological polar surface area (TPSA) is 102 Å². The zero-order chi connectivity index (χ0) is 41.7. The van der Waals surface area contributed by atoms with Crippen LogP contribution in [0.5, 0.6) is 17.2 Å². The molecule has 0 spiro atoms. The minimum Gasteiger partial charge on any atom is -0.497 e. The molecule has 2 aromatic heterocycles. The number of piperazine rings is 1. The molecule has 58 heavy (non-hydrogen) atoms. The second-order valence-corrected chi connectivity index (χ2v) is 15.4. The third-order valence-corrected chi connectivity index (χ3v) is 10.2. The molecular formula is C41H40ClF5N6O5. The molecule has 7 rings (SSSR count). The summed E-state index contributed by atoms with van der Waals surface area (Å²) in [5.41, 5.74) is -2.96. The number of alkyl halides is 3. The van der Waals surface area contributed by atoms with Crippen LogP contribution in [0.4, 0.5) is 38.4 Å². The summed E-state index contributed by atoms with van der Waals surface area (Å²) in [5, 5.41) is -0.653. The van der Waals surface area contributed by atoms with Crippen molar-refractivity contribution in [1.82, 2.24) is 19.9 Å². The molecular weight excluding hydrogens is 787 g/mol. The Kier molecular flexibility index (Phi) is 10.9. The van der Waals surface area contributed by atoms with E-state index >= 15 is 22.0 Å². The number of fused-ring (bicyclic) bond motifs is 2. The van der Waals surface area contributed by atoms with E-state index in [-0.39, 0.29) is 67.7 Å². The van der Waals surface area contributed by atoms with Crippen molar-refractivity contribution in [3.8, 4) is 28.5 Å². The van der Waals surface area contributed by atoms with Crippen molar-refractivity contribution in [2.75, 3.05) is 50.3 Å². The predicted molar refractivity (Wildman–Crippen MR) is 208 cm³/mol. The molecule has 0 unspecified atom stereocenters. The maximum absolute atomic E-state index is 17.1. The van der Waals surface area contributed by atoms with E-state index in [0.29, 0.717) is 11.5 Å². The molecule has 17 heteroatoms. The lowest BCUT2D eigenvalue weighted by Crippen LogP contribution is -2.57. The minimum atomic E-state index is -5.03. The summed E-state index contributed by atoms with van der Waals surface area (Å²) in [6, 6.07) is 14.9. The standard InChI is InChI=1S/C41H40ClF5N6O5/c1-22-17-28(52(18-23-7-11-26(55-5)12-8-23)19-24-9-13-27(56-6)14-10-24)48-34(31(22)41(45,46)47)29-32(42)36-30-35(33(29)43)49-38(44)50-37(30)53-16-15-51(20-25(53)21-57-36)39(54)58-40(2,3)4/h7-14,17,25H,15-16,18-21H2,1-6H3/t25-/m1/s1. The molecule has 0 aliphatic carbocycles. The van der Waals surface area contributed by atoms with Crippen molar-refractivity contribution in [1.29, 1.82) is 0 Å². The lowest BCUT2D eigenvalue weighted by molar-refractivity contribution is -0.137. The monoisotopic (exact) mass is 826 g/mol. The van der Waals surface area contributed by atoms with Gasteiger partial charge in [0.05, 0.1) is 47.5 Å². The molecule has 306 valence electrons. The third kappa shape index (κ3) is 8.06. The molecule has 11 nitrogen and oxygen atoms in total. The quantitative estimate of drug-likeness (QED) is 0.111. The van der Waals surface area contributed by atoms with E-state index in [9.17, 15) is 4.79 Å². The Balaban J connectivity index is 1.37. The molecule has 1 saturated heterocycles. The largest absolute Gasteiger partial charge is 0.497 e. The van der Waals surface area contributed by atoms with E-state index in [2.05, 4.69) is 15.0 Å². The van der Waals surface area contributed by atoms with Crippen molar-refractivity contribution < 1.29 is 45.7 Å². The van der Waals surface area contributed by atoms with Crippen LogP contribution in [0, 0.1) is 18.8 Å². The zero-order valence-electron chi connectivity index (χ0n) is 32.5. The Hall–Kier alpha value is -5.64. The average molecular weight is 827 g/mol. The summed E-state index contributed by atoms with van der Waals surface area (Å²) >= 11 is 6.96. The highest BCUT2D eigenvalue weighted by molar-refractivity contribution is 6.36. The molecule has 2 aliphatic rings. The van der Waals surface area contributed by atoms with Gasteiger partial charge in [-0.05, 0) is 74.7 Å². The fourth-order valence-electron chi connectivity index (χ4n) is 7.20. The molecule has 5 aromatic rings. The number of aryl methyl sites for hydroxylation is 1. The normalized spacial score (nSPS) is 15.4. The van der Waals surface area contributed by atoms with Gasteiger partial charge in [0, 0.05) is 32.7 Å². The van der Waals surface area contributed by atoms with Crippen LogP contribution in [0.2, 0.25) is 5.02 Å². The summed E-state index contributed by atoms with van der Waals surface area (Å²) < 4.78 is 100. The first-order valence-electron chi connectivity index (χ1n) is 18.3. The van der Waals surface area contributed by atoms with Gasteiger partial charge in [0.1, 0.15) is 40.9 Å². The number of benzene rings is 3. The predicted octanol–water partition coefficient (Wildman–Crippen LogP) is 8.99. The van der Waals surface area contributed by atoms with Crippen LogP contribution in [0.25, 0.3) is 22.2 Å². The minimum absolute atomic E-state index is 0.0578. The SMILES string of the molecule is COc1ccc(CN(Cc2ccc(OC)cc2)c2cc(C)c(C(F)(F)F)c(-c3c(Cl)c4c5c(nc(F)nc5c3F)N3CCN(C(=O)OC(C)(C)C)C[C@@H]3CO4)n2)cc1. The first-order chi connectivity index (χ1) is 27.4. The third-order valence-electron chi connectivity index (χ3n) is 9.87. The van der Waals surface area contributed by atoms with Crippen LogP contribution in [0.1, 0.15) is 43.0 Å². The summed E-state index contributed by atoms with van der Waals surface area (Å²) in [6.07, 6.45) is -6.93. The number of nitrogens with zero attached hydrogens (tertiary/aromatic N) is 6. The molecule has 1 atom stereocenters. The Morgan fingerprint density at radius 3 is 2.09 bits per heavy atom. The molecule has 2 aliphatic heterocycles. The van der Waals surface area contributed by atoms with Gasteiger partial charge in [-0.1, -0.05) is 35.9 Å². The van der Waals surface area contributed by atoms with Crippen LogP contribution in [-0.2, 0) is 24.0 Å². The lowest BCUT2D eigenvalue weighted by atomic mass is 9.98. The molecule has 1 fully saturated rings. The van der Waals surface area contributed by atoms with Gasteiger partial charge in [-0.15, -0.1) is 0 Å². The smallest absolute Gasteiger partial charge is 0.418 e. The van der Waals surface area contributed by atoms with Crippen molar-refractivity contribution in [2.45, 2.75) is 58.6 Å². The molecule has 0 radical (unpaired) electrons. The number of carbonyl (C=O) groups excluding carboxylic acids is 1. The van der Waals surface area contributed by atoms with E-state index in [0.717, 1.165) is 11.1 Å². The second kappa shape index (κ2) is 15.6. The van der Waals surface area contributed by atoms with Crippen LogP contribution < -0.4 is 24.0 Å². The van der Waals surface area contributed by atoms with Crippen LogP contribution in [0.3, 0.4) is 0 Å². The summed E-state index contributed by atoms with van der Waals surface area (Å²) in [6.45, 7) is 6.96. The van der Waals surface area contributed by atoms with Crippen molar-refractivity contribution >= 4 is 40.2 Å². The molecule has 0 bridgehead atoms. The van der Waals surface area contributed by atoms with Crippen LogP contribution in [0.15, 0.2) is 54.6 Å². The Morgan fingerprint density at radius 1 is 0.931 bits per heavy atom. The number of hydrogen-bond acceptors (Lipinski definition) is 10.